The lowest BCUT2D eigenvalue weighted by Gasteiger charge is -2.17. The fourth-order valence-electron chi connectivity index (χ4n) is 0.431. The average molecular weight is 135 g/mol. The van der Waals surface area contributed by atoms with Gasteiger partial charge in [-0.25, -0.2) is 5.90 Å². The van der Waals surface area contributed by atoms with E-state index in [2.05, 4.69) is 10.3 Å². The van der Waals surface area contributed by atoms with Crippen LogP contribution in [0, 0.1) is 0 Å². The van der Waals surface area contributed by atoms with Crippen LogP contribution in [0.3, 0.4) is 0 Å². The highest BCUT2D eigenvalue weighted by molar-refractivity contribution is 4.68. The summed E-state index contributed by atoms with van der Waals surface area (Å²) in [5, 5.41) is 8.55. The van der Waals surface area contributed by atoms with E-state index in [0.717, 1.165) is 0 Å². The molecule has 0 saturated heterocycles. The summed E-state index contributed by atoms with van der Waals surface area (Å²) >= 11 is 0. The molecule has 0 aliphatic carbocycles. The standard InChI is InChI=1S/C4H13N3O2/c1-3(9-6)4(2-8)7-5/h3-4,7-8H,2,5-6H2,1H3. The van der Waals surface area contributed by atoms with Crippen molar-refractivity contribution in [2.24, 2.45) is 11.7 Å². The molecule has 0 heterocycles. The van der Waals surface area contributed by atoms with Crippen LogP contribution in [0.1, 0.15) is 6.92 Å². The number of hydrazine groups is 1. The fraction of sp³-hybridized carbons (Fsp3) is 1.00. The lowest BCUT2D eigenvalue weighted by Crippen LogP contribution is -2.47. The smallest absolute Gasteiger partial charge is 0.0947 e. The predicted molar refractivity (Wildman–Crippen MR) is 32.9 cm³/mol. The second kappa shape index (κ2) is 4.66. The number of rotatable bonds is 4. The molecule has 0 saturated carbocycles. The molecule has 0 aromatic heterocycles. The van der Waals surface area contributed by atoms with Crippen molar-refractivity contribution >= 4 is 0 Å². The molecule has 5 nitrogen and oxygen atoms in total. The minimum absolute atomic E-state index is 0.0884. The van der Waals surface area contributed by atoms with E-state index in [-0.39, 0.29) is 18.8 Å². The number of nitrogens with one attached hydrogen (secondary N) is 1. The minimum atomic E-state index is -0.296. The normalized spacial score (nSPS) is 17.3. The Bertz CT molecular complexity index is 66.8. The molecule has 0 aliphatic rings. The van der Waals surface area contributed by atoms with Crippen molar-refractivity contribution in [3.63, 3.8) is 0 Å². The highest BCUT2D eigenvalue weighted by Crippen LogP contribution is 1.91. The topological polar surface area (TPSA) is 93.5 Å². The molecular weight excluding hydrogens is 122 g/mol. The number of aliphatic hydroxyl groups excluding tert-OH is 1. The third-order valence-corrected chi connectivity index (χ3v) is 1.19. The zero-order valence-electron chi connectivity index (χ0n) is 5.37. The van der Waals surface area contributed by atoms with E-state index >= 15 is 0 Å². The van der Waals surface area contributed by atoms with Crippen molar-refractivity contribution in [2.45, 2.75) is 19.1 Å². The van der Waals surface area contributed by atoms with Gasteiger partial charge in [0, 0.05) is 0 Å². The highest BCUT2D eigenvalue weighted by Gasteiger charge is 2.13. The van der Waals surface area contributed by atoms with Gasteiger partial charge >= 0.3 is 0 Å². The summed E-state index contributed by atoms with van der Waals surface area (Å²) in [6.07, 6.45) is -0.278. The molecule has 0 aromatic carbocycles. The van der Waals surface area contributed by atoms with Gasteiger partial charge in [0.2, 0.25) is 0 Å². The Kier molecular flexibility index (Phi) is 4.55. The van der Waals surface area contributed by atoms with Gasteiger partial charge in [0.1, 0.15) is 0 Å². The molecule has 2 unspecified atom stereocenters. The van der Waals surface area contributed by atoms with E-state index in [4.69, 9.17) is 16.8 Å². The molecule has 0 fully saturated rings. The zero-order chi connectivity index (χ0) is 7.28. The fourth-order valence-corrected chi connectivity index (χ4v) is 0.431. The van der Waals surface area contributed by atoms with Gasteiger partial charge in [0.25, 0.3) is 0 Å². The second-order valence-electron chi connectivity index (χ2n) is 1.80. The maximum Gasteiger partial charge on any atom is 0.0947 e. The lowest BCUT2D eigenvalue weighted by atomic mass is 10.2. The first-order valence-corrected chi connectivity index (χ1v) is 2.68. The van der Waals surface area contributed by atoms with E-state index in [9.17, 15) is 0 Å². The molecule has 0 aromatic rings. The van der Waals surface area contributed by atoms with Crippen molar-refractivity contribution < 1.29 is 9.94 Å². The van der Waals surface area contributed by atoms with E-state index in [1.807, 2.05) is 0 Å². The molecule has 0 bridgehead atoms. The van der Waals surface area contributed by atoms with Crippen molar-refractivity contribution in [3.05, 3.63) is 0 Å². The summed E-state index contributed by atoms with van der Waals surface area (Å²) in [6.45, 7) is 1.62. The molecule has 2 atom stereocenters. The zero-order valence-corrected chi connectivity index (χ0v) is 5.37. The van der Waals surface area contributed by atoms with Gasteiger partial charge < -0.3 is 5.11 Å². The molecule has 56 valence electrons. The van der Waals surface area contributed by atoms with Crippen LogP contribution in [0.2, 0.25) is 0 Å². The minimum Gasteiger partial charge on any atom is -0.395 e. The van der Waals surface area contributed by atoms with Crippen LogP contribution in [0.4, 0.5) is 0 Å². The molecule has 0 aliphatic heterocycles. The molecule has 0 spiro atoms. The van der Waals surface area contributed by atoms with E-state index < -0.39 is 0 Å². The Morgan fingerprint density at radius 3 is 2.44 bits per heavy atom. The van der Waals surface area contributed by atoms with Crippen LogP contribution in [0.15, 0.2) is 0 Å². The van der Waals surface area contributed by atoms with E-state index in [1.165, 1.54) is 0 Å². The first-order chi connectivity index (χ1) is 4.26. The van der Waals surface area contributed by atoms with Crippen molar-refractivity contribution in [1.29, 1.82) is 0 Å². The van der Waals surface area contributed by atoms with Crippen LogP contribution in [0.5, 0.6) is 0 Å². The highest BCUT2D eigenvalue weighted by atomic mass is 16.6. The third-order valence-electron chi connectivity index (χ3n) is 1.19. The quantitative estimate of drug-likeness (QED) is 0.266. The molecule has 0 radical (unpaired) electrons. The van der Waals surface area contributed by atoms with Crippen LogP contribution < -0.4 is 17.2 Å². The summed E-state index contributed by atoms with van der Waals surface area (Å²) < 4.78 is 0. The summed E-state index contributed by atoms with van der Waals surface area (Å²) in [7, 11) is 0. The van der Waals surface area contributed by atoms with Gasteiger partial charge in [-0.05, 0) is 6.92 Å². The monoisotopic (exact) mass is 135 g/mol. The van der Waals surface area contributed by atoms with Gasteiger partial charge in [-0.3, -0.25) is 16.1 Å². The molecular formula is C4H13N3O2. The van der Waals surface area contributed by atoms with Gasteiger partial charge in [0.05, 0.1) is 18.8 Å². The maximum absolute atomic E-state index is 8.55. The van der Waals surface area contributed by atoms with Gasteiger partial charge in [-0.1, -0.05) is 0 Å². The van der Waals surface area contributed by atoms with Crippen LogP contribution in [-0.4, -0.2) is 23.9 Å². The maximum atomic E-state index is 8.55. The van der Waals surface area contributed by atoms with Crippen LogP contribution in [0.25, 0.3) is 0 Å². The molecule has 6 N–H and O–H groups in total. The van der Waals surface area contributed by atoms with Crippen molar-refractivity contribution in [1.82, 2.24) is 5.43 Å². The molecule has 0 amide bonds. The summed E-state index contributed by atoms with van der Waals surface area (Å²) in [5.74, 6) is 9.83. The van der Waals surface area contributed by atoms with Gasteiger partial charge in [-0.2, -0.15) is 0 Å². The Morgan fingerprint density at radius 1 is 1.78 bits per heavy atom. The third kappa shape index (κ3) is 2.73. The van der Waals surface area contributed by atoms with Crippen molar-refractivity contribution in [3.8, 4) is 0 Å². The van der Waals surface area contributed by atoms with E-state index in [1.54, 1.807) is 6.92 Å². The van der Waals surface area contributed by atoms with Gasteiger partial charge in [-0.15, -0.1) is 0 Å². The lowest BCUT2D eigenvalue weighted by molar-refractivity contribution is 0.0217. The Balaban J connectivity index is 3.50. The summed E-state index contributed by atoms with van der Waals surface area (Å²) in [4.78, 5) is 4.39. The summed E-state index contributed by atoms with van der Waals surface area (Å²) in [6, 6.07) is -0.296. The molecule has 0 rings (SSSR count). The number of hydrogen-bond acceptors (Lipinski definition) is 5. The second-order valence-corrected chi connectivity index (χ2v) is 1.80. The Hall–Kier alpha value is -0.200. The number of aliphatic hydroxyl groups is 1. The SMILES string of the molecule is CC(ON)C(CO)NN. The first kappa shape index (κ1) is 8.80. The van der Waals surface area contributed by atoms with Gasteiger partial charge in [0.15, 0.2) is 0 Å². The summed E-state index contributed by atoms with van der Waals surface area (Å²) in [5.41, 5.74) is 2.35. The van der Waals surface area contributed by atoms with Crippen LogP contribution >= 0.6 is 0 Å². The molecule has 5 heteroatoms. The van der Waals surface area contributed by atoms with Crippen LogP contribution in [-0.2, 0) is 4.84 Å². The van der Waals surface area contributed by atoms with E-state index in [0.29, 0.717) is 0 Å². The predicted octanol–water partition coefficient (Wildman–Crippen LogP) is -1.91. The first-order valence-electron chi connectivity index (χ1n) is 2.68. The Labute approximate surface area is 53.9 Å². The Morgan fingerprint density at radius 2 is 2.33 bits per heavy atom. The largest absolute Gasteiger partial charge is 0.395 e. The average Bonchev–Trinajstić information content (AvgIpc) is 1.90. The molecule has 9 heavy (non-hydrogen) atoms. The number of nitrogens with two attached hydrogens (primary N) is 2. The van der Waals surface area contributed by atoms with Crippen molar-refractivity contribution in [2.75, 3.05) is 6.61 Å². The number of hydrogen-bond donors (Lipinski definition) is 4.